The number of sulfonamides is 1. The molecular formula is C11H13N3O2S2. The van der Waals surface area contributed by atoms with E-state index in [1.165, 1.54) is 10.4 Å². The molecule has 0 saturated carbocycles. The van der Waals surface area contributed by atoms with Crippen LogP contribution in [0, 0.1) is 10.7 Å². The van der Waals surface area contributed by atoms with Gasteiger partial charge >= 0.3 is 0 Å². The maximum atomic E-state index is 12.4. The van der Waals surface area contributed by atoms with Crippen LogP contribution in [-0.2, 0) is 10.0 Å². The summed E-state index contributed by atoms with van der Waals surface area (Å²) in [6.45, 7) is 1.07. The first-order valence-electron chi connectivity index (χ1n) is 5.51. The van der Waals surface area contributed by atoms with Crippen molar-refractivity contribution in [2.45, 2.75) is 22.6 Å². The molecule has 5 nitrogen and oxygen atoms in total. The standard InChI is InChI=1S/C11H13N3O2S2/c12-8-17-10-4-3-9(13)7-11(10)18(15,16)14-5-1-2-6-14/h3-4,7H,1-2,5-6,13H2. The van der Waals surface area contributed by atoms with E-state index in [-0.39, 0.29) is 4.90 Å². The number of thiocyanates is 1. The second-order valence-electron chi connectivity index (χ2n) is 4.01. The van der Waals surface area contributed by atoms with Crippen LogP contribution in [-0.4, -0.2) is 25.8 Å². The molecule has 1 aromatic rings. The summed E-state index contributed by atoms with van der Waals surface area (Å²) in [7, 11) is -3.53. The third kappa shape index (κ3) is 2.46. The third-order valence-electron chi connectivity index (χ3n) is 2.81. The molecule has 7 heteroatoms. The number of rotatable bonds is 3. The number of hydrogen-bond acceptors (Lipinski definition) is 5. The van der Waals surface area contributed by atoms with E-state index in [4.69, 9.17) is 11.0 Å². The molecule has 0 unspecified atom stereocenters. The molecule has 0 aliphatic carbocycles. The van der Waals surface area contributed by atoms with Crippen LogP contribution in [0.5, 0.6) is 0 Å². The summed E-state index contributed by atoms with van der Waals surface area (Å²) < 4.78 is 26.3. The fourth-order valence-corrected chi connectivity index (χ4v) is 4.39. The highest BCUT2D eigenvalue weighted by atomic mass is 32.2. The van der Waals surface area contributed by atoms with Gasteiger partial charge in [-0.25, -0.2) is 8.42 Å². The minimum absolute atomic E-state index is 0.135. The van der Waals surface area contributed by atoms with Crippen molar-refractivity contribution in [1.82, 2.24) is 4.31 Å². The number of nitrogens with zero attached hydrogens (tertiary/aromatic N) is 2. The molecular weight excluding hydrogens is 270 g/mol. The van der Waals surface area contributed by atoms with Gasteiger partial charge in [0, 0.05) is 23.7 Å². The molecule has 0 radical (unpaired) electrons. The van der Waals surface area contributed by atoms with Crippen LogP contribution in [0.4, 0.5) is 5.69 Å². The molecule has 0 amide bonds. The minimum atomic E-state index is -3.53. The van der Waals surface area contributed by atoms with Crippen LogP contribution in [0.1, 0.15) is 12.8 Å². The molecule has 0 spiro atoms. The van der Waals surface area contributed by atoms with Gasteiger partial charge in [-0.1, -0.05) is 0 Å². The zero-order chi connectivity index (χ0) is 13.2. The summed E-state index contributed by atoms with van der Waals surface area (Å²) >= 11 is 0.840. The second-order valence-corrected chi connectivity index (χ2v) is 6.74. The van der Waals surface area contributed by atoms with Crippen molar-refractivity contribution in [1.29, 1.82) is 5.26 Å². The summed E-state index contributed by atoms with van der Waals surface area (Å²) in [5.74, 6) is 0. The fourth-order valence-electron chi connectivity index (χ4n) is 1.93. The number of nitrogen functional groups attached to an aromatic ring is 1. The average molecular weight is 283 g/mol. The Bertz CT molecular complexity index is 587. The van der Waals surface area contributed by atoms with E-state index >= 15 is 0 Å². The lowest BCUT2D eigenvalue weighted by Crippen LogP contribution is -2.28. The number of hydrogen-bond donors (Lipinski definition) is 1. The van der Waals surface area contributed by atoms with Gasteiger partial charge in [-0.2, -0.15) is 9.57 Å². The Kier molecular flexibility index (Phi) is 3.80. The highest BCUT2D eigenvalue weighted by Gasteiger charge is 2.29. The maximum absolute atomic E-state index is 12.4. The number of benzene rings is 1. The molecule has 18 heavy (non-hydrogen) atoms. The molecule has 1 aliphatic heterocycles. The van der Waals surface area contributed by atoms with Crippen molar-refractivity contribution >= 4 is 27.5 Å². The van der Waals surface area contributed by atoms with Gasteiger partial charge in [-0.15, -0.1) is 0 Å². The van der Waals surface area contributed by atoms with Gasteiger partial charge in [0.05, 0.1) is 4.90 Å². The Morgan fingerprint density at radius 1 is 1.33 bits per heavy atom. The molecule has 0 aromatic heterocycles. The molecule has 1 heterocycles. The van der Waals surface area contributed by atoms with Gasteiger partial charge in [-0.05, 0) is 42.8 Å². The lowest BCUT2D eigenvalue weighted by Gasteiger charge is -2.17. The van der Waals surface area contributed by atoms with E-state index in [0.717, 1.165) is 24.6 Å². The first-order valence-corrected chi connectivity index (χ1v) is 7.77. The number of nitriles is 1. The molecule has 1 fully saturated rings. The Labute approximate surface area is 111 Å². The highest BCUT2D eigenvalue weighted by Crippen LogP contribution is 2.31. The van der Waals surface area contributed by atoms with E-state index in [2.05, 4.69) is 0 Å². The summed E-state index contributed by atoms with van der Waals surface area (Å²) in [6.07, 6.45) is 1.75. The Morgan fingerprint density at radius 2 is 2.00 bits per heavy atom. The van der Waals surface area contributed by atoms with E-state index in [1.54, 1.807) is 12.1 Å². The van der Waals surface area contributed by atoms with Gasteiger partial charge < -0.3 is 5.73 Å². The van der Waals surface area contributed by atoms with Crippen molar-refractivity contribution in [3.8, 4) is 5.40 Å². The molecule has 2 N–H and O–H groups in total. The first-order chi connectivity index (χ1) is 8.55. The molecule has 2 rings (SSSR count). The Morgan fingerprint density at radius 3 is 2.61 bits per heavy atom. The van der Waals surface area contributed by atoms with Crippen molar-refractivity contribution in [3.05, 3.63) is 18.2 Å². The summed E-state index contributed by atoms with van der Waals surface area (Å²) in [4.78, 5) is 0.564. The van der Waals surface area contributed by atoms with E-state index in [0.29, 0.717) is 23.7 Å². The van der Waals surface area contributed by atoms with Gasteiger partial charge in [-0.3, -0.25) is 0 Å². The van der Waals surface area contributed by atoms with Crippen LogP contribution in [0.25, 0.3) is 0 Å². The third-order valence-corrected chi connectivity index (χ3v) is 5.54. The Hall–Kier alpha value is -1.23. The molecule has 1 aliphatic rings. The average Bonchev–Trinajstić information content (AvgIpc) is 2.86. The van der Waals surface area contributed by atoms with Gasteiger partial charge in [0.2, 0.25) is 10.0 Å². The quantitative estimate of drug-likeness (QED) is 0.517. The molecule has 96 valence electrons. The van der Waals surface area contributed by atoms with Crippen LogP contribution in [0.2, 0.25) is 0 Å². The SMILES string of the molecule is N#CSc1ccc(N)cc1S(=O)(=O)N1CCCC1. The number of thioether (sulfide) groups is 1. The van der Waals surface area contributed by atoms with Gasteiger partial charge in [0.25, 0.3) is 0 Å². The van der Waals surface area contributed by atoms with Crippen LogP contribution < -0.4 is 5.73 Å². The van der Waals surface area contributed by atoms with Crippen molar-refractivity contribution in [2.24, 2.45) is 0 Å². The van der Waals surface area contributed by atoms with E-state index in [9.17, 15) is 8.42 Å². The molecule has 1 aromatic carbocycles. The van der Waals surface area contributed by atoms with Crippen LogP contribution in [0.15, 0.2) is 28.0 Å². The number of nitrogens with two attached hydrogens (primary N) is 1. The van der Waals surface area contributed by atoms with E-state index < -0.39 is 10.0 Å². The predicted molar refractivity (Wildman–Crippen MR) is 70.3 cm³/mol. The highest BCUT2D eigenvalue weighted by molar-refractivity contribution is 8.04. The smallest absolute Gasteiger partial charge is 0.244 e. The Balaban J connectivity index is 2.48. The summed E-state index contributed by atoms with van der Waals surface area (Å²) in [5.41, 5.74) is 6.03. The monoisotopic (exact) mass is 283 g/mol. The zero-order valence-electron chi connectivity index (χ0n) is 9.67. The van der Waals surface area contributed by atoms with E-state index in [1.807, 2.05) is 5.40 Å². The zero-order valence-corrected chi connectivity index (χ0v) is 11.3. The molecule has 1 saturated heterocycles. The minimum Gasteiger partial charge on any atom is -0.399 e. The van der Waals surface area contributed by atoms with Crippen molar-refractivity contribution in [3.63, 3.8) is 0 Å². The molecule has 0 bridgehead atoms. The van der Waals surface area contributed by atoms with Crippen molar-refractivity contribution in [2.75, 3.05) is 18.8 Å². The summed E-state index contributed by atoms with van der Waals surface area (Å²) in [6, 6.07) is 4.60. The van der Waals surface area contributed by atoms with Crippen molar-refractivity contribution < 1.29 is 8.42 Å². The predicted octanol–water partition coefficient (Wildman–Crippen LogP) is 1.63. The lowest BCUT2D eigenvalue weighted by molar-refractivity contribution is 0.476. The topological polar surface area (TPSA) is 87.2 Å². The number of anilines is 1. The fraction of sp³-hybridized carbons (Fsp3) is 0.364. The summed E-state index contributed by atoms with van der Waals surface area (Å²) in [5, 5.41) is 10.6. The lowest BCUT2D eigenvalue weighted by atomic mass is 10.3. The van der Waals surface area contributed by atoms with Crippen LogP contribution in [0.3, 0.4) is 0 Å². The van der Waals surface area contributed by atoms with Crippen LogP contribution >= 0.6 is 11.8 Å². The second kappa shape index (κ2) is 5.18. The first kappa shape index (κ1) is 13.2. The van der Waals surface area contributed by atoms with Gasteiger partial charge in [0.15, 0.2) is 0 Å². The normalized spacial score (nSPS) is 16.6. The molecule has 0 atom stereocenters. The largest absolute Gasteiger partial charge is 0.399 e. The van der Waals surface area contributed by atoms with Gasteiger partial charge in [0.1, 0.15) is 5.40 Å². The maximum Gasteiger partial charge on any atom is 0.244 e.